The van der Waals surface area contributed by atoms with Crippen molar-refractivity contribution in [2.24, 2.45) is 16.6 Å². The van der Waals surface area contributed by atoms with E-state index in [0.717, 1.165) is 17.3 Å². The number of nitrogens with two attached hydrogens (primary N) is 2. The summed E-state index contributed by atoms with van der Waals surface area (Å²) in [7, 11) is 1.90. The lowest BCUT2D eigenvalue weighted by molar-refractivity contribution is -0.900. The summed E-state index contributed by atoms with van der Waals surface area (Å²) in [6.45, 7) is 0.748. The van der Waals surface area contributed by atoms with Gasteiger partial charge in [0, 0.05) is 7.05 Å². The molecule has 0 radical (unpaired) electrons. The molecule has 0 aromatic rings. The fraction of sp³-hybridized carbons (Fsp3) is 0.400. The number of aliphatic imine (C=N–C) groups is 1. The number of nitrogens with zero attached hydrogens (tertiary/aromatic N) is 3. The second-order valence-electron chi connectivity index (χ2n) is 2.67. The Morgan fingerprint density at radius 1 is 1.73 bits per heavy atom. The van der Waals surface area contributed by atoms with Crippen LogP contribution in [0.1, 0.15) is 0 Å². The number of nitrogens with one attached hydrogen (secondary N) is 1. The molecule has 2 heterocycles. The van der Waals surface area contributed by atoms with Crippen molar-refractivity contribution in [3.63, 3.8) is 0 Å². The number of quaternary nitrogens is 1. The van der Waals surface area contributed by atoms with E-state index in [0.29, 0.717) is 5.82 Å². The highest BCUT2D eigenvalue weighted by molar-refractivity contribution is 5.51. The maximum Gasteiger partial charge on any atom is 0.217 e. The molecule has 6 nitrogen and oxygen atoms in total. The van der Waals surface area contributed by atoms with Crippen molar-refractivity contribution in [2.75, 3.05) is 13.6 Å². The molecule has 60 valence electrons. The second kappa shape index (κ2) is 2.02. The molecule has 1 atom stereocenters. The van der Waals surface area contributed by atoms with Gasteiger partial charge in [0.2, 0.25) is 6.34 Å². The summed E-state index contributed by atoms with van der Waals surface area (Å²) in [5.41, 5.74) is 6.62. The van der Waals surface area contributed by atoms with Crippen LogP contribution in [0.4, 0.5) is 0 Å². The van der Waals surface area contributed by atoms with Crippen LogP contribution in [0, 0.1) is 0 Å². The van der Waals surface area contributed by atoms with Crippen LogP contribution < -0.4 is 16.6 Å². The van der Waals surface area contributed by atoms with Crippen LogP contribution >= 0.6 is 0 Å². The lowest BCUT2D eigenvalue weighted by Gasteiger charge is -2.15. The van der Waals surface area contributed by atoms with Gasteiger partial charge in [0.05, 0.1) is 0 Å². The standard InChI is InChI=1S/C5H10N6/c1-9-2-4-5(6)8-3-10(4)11(9)7/h3H,2,6-7H2,1H3/p+1. The Kier molecular flexibility index (Phi) is 1.24. The molecule has 2 aliphatic rings. The van der Waals surface area contributed by atoms with Gasteiger partial charge >= 0.3 is 0 Å². The van der Waals surface area contributed by atoms with Gasteiger partial charge in [-0.2, -0.15) is 15.0 Å². The van der Waals surface area contributed by atoms with Crippen LogP contribution in [0.5, 0.6) is 0 Å². The molecule has 0 aliphatic carbocycles. The first-order chi connectivity index (χ1) is 5.20. The fourth-order valence-electron chi connectivity index (χ4n) is 1.27. The maximum absolute atomic E-state index is 5.67. The second-order valence-corrected chi connectivity index (χ2v) is 2.67. The molecule has 1 unspecified atom stereocenters. The smallest absolute Gasteiger partial charge is 0.217 e. The Morgan fingerprint density at radius 2 is 2.45 bits per heavy atom. The fourth-order valence-corrected chi connectivity index (χ4v) is 1.27. The first kappa shape index (κ1) is 6.74. The predicted molar refractivity (Wildman–Crippen MR) is 39.3 cm³/mol. The Bertz CT molecular complexity index is 243. The molecule has 11 heavy (non-hydrogen) atoms. The molecule has 0 spiro atoms. The van der Waals surface area contributed by atoms with E-state index >= 15 is 0 Å². The molecule has 0 bridgehead atoms. The summed E-state index contributed by atoms with van der Waals surface area (Å²) in [5.74, 6) is 6.25. The van der Waals surface area contributed by atoms with Crippen molar-refractivity contribution in [2.45, 2.75) is 0 Å². The molecule has 1 fully saturated rings. The van der Waals surface area contributed by atoms with Crippen molar-refractivity contribution in [3.8, 4) is 0 Å². The van der Waals surface area contributed by atoms with E-state index in [2.05, 4.69) is 4.99 Å². The zero-order valence-electron chi connectivity index (χ0n) is 6.28. The average Bonchev–Trinajstić information content (AvgIpc) is 2.43. The average molecular weight is 155 g/mol. The summed E-state index contributed by atoms with van der Waals surface area (Å²) >= 11 is 0. The van der Waals surface area contributed by atoms with Crippen molar-refractivity contribution in [1.82, 2.24) is 10.2 Å². The third-order valence-corrected chi connectivity index (χ3v) is 1.95. The summed E-state index contributed by atoms with van der Waals surface area (Å²) in [6, 6.07) is 0. The molecule has 0 aromatic carbocycles. The molecule has 2 rings (SSSR count). The minimum Gasteiger partial charge on any atom is -0.379 e. The number of rotatable bonds is 0. The first-order valence-electron chi connectivity index (χ1n) is 3.36. The lowest BCUT2D eigenvalue weighted by Crippen LogP contribution is -3.15. The molecule has 5 N–H and O–H groups in total. The summed E-state index contributed by atoms with van der Waals surface area (Å²) < 4.78 is 0. The summed E-state index contributed by atoms with van der Waals surface area (Å²) in [4.78, 5) is 3.95. The highest BCUT2D eigenvalue weighted by Crippen LogP contribution is 2.04. The Hall–Kier alpha value is -0.950. The summed E-state index contributed by atoms with van der Waals surface area (Å²) in [6.07, 6.45) is 1.69. The van der Waals surface area contributed by atoms with Crippen LogP contribution in [0.2, 0.25) is 0 Å². The molecular formula is C5H11N6+. The highest BCUT2D eigenvalue weighted by atomic mass is 16.0. The third kappa shape index (κ3) is 0.778. The van der Waals surface area contributed by atoms with Gasteiger partial charge in [0.1, 0.15) is 6.54 Å². The quantitative estimate of drug-likeness (QED) is 0.326. The predicted octanol–water partition coefficient (Wildman–Crippen LogP) is -3.01. The minimum atomic E-state index is 0.583. The largest absolute Gasteiger partial charge is 0.379 e. The van der Waals surface area contributed by atoms with E-state index in [4.69, 9.17) is 11.6 Å². The highest BCUT2D eigenvalue weighted by Gasteiger charge is 2.38. The number of hydrazine groups is 2. The van der Waals surface area contributed by atoms with Crippen molar-refractivity contribution in [3.05, 3.63) is 11.5 Å². The molecular weight excluding hydrogens is 144 g/mol. The van der Waals surface area contributed by atoms with E-state index in [-0.39, 0.29) is 0 Å². The van der Waals surface area contributed by atoms with Gasteiger partial charge in [0.25, 0.3) is 0 Å². The molecule has 6 heteroatoms. The topological polar surface area (TPSA) is 75.3 Å². The number of hydrogen-bond acceptors (Lipinski definition) is 5. The third-order valence-electron chi connectivity index (χ3n) is 1.95. The van der Waals surface area contributed by atoms with Gasteiger partial charge < -0.3 is 5.73 Å². The Labute approximate surface area is 64.3 Å². The van der Waals surface area contributed by atoms with Crippen LogP contribution in [0.25, 0.3) is 0 Å². The van der Waals surface area contributed by atoms with Crippen LogP contribution in [0.15, 0.2) is 16.5 Å². The first-order valence-corrected chi connectivity index (χ1v) is 3.36. The monoisotopic (exact) mass is 155 g/mol. The molecule has 0 saturated carbocycles. The van der Waals surface area contributed by atoms with E-state index in [1.165, 1.54) is 0 Å². The van der Waals surface area contributed by atoms with E-state index < -0.39 is 0 Å². The zero-order chi connectivity index (χ0) is 8.01. The van der Waals surface area contributed by atoms with Gasteiger partial charge in [-0.25, -0.2) is 5.84 Å². The van der Waals surface area contributed by atoms with E-state index in [9.17, 15) is 0 Å². The van der Waals surface area contributed by atoms with Crippen molar-refractivity contribution < 1.29 is 5.01 Å². The normalized spacial score (nSPS) is 32.0. The van der Waals surface area contributed by atoms with Crippen LogP contribution in [0.3, 0.4) is 0 Å². The SMILES string of the molecule is CN1CC2=C(N)N=C[NH+]2N1N. The number of fused-ring (bicyclic) bond motifs is 1. The molecule has 1 saturated heterocycles. The maximum atomic E-state index is 5.67. The number of hydrogen-bond donors (Lipinski definition) is 3. The summed E-state index contributed by atoms with van der Waals surface area (Å²) in [5, 5.41) is 4.34. The van der Waals surface area contributed by atoms with Crippen LogP contribution in [-0.2, 0) is 0 Å². The lowest BCUT2D eigenvalue weighted by atomic mass is 10.4. The number of likely N-dealkylation sites (N-methyl/N-ethyl adjacent to an activating group) is 1. The molecule has 2 aliphatic heterocycles. The van der Waals surface area contributed by atoms with Crippen molar-refractivity contribution >= 4 is 6.34 Å². The molecule has 0 aromatic heterocycles. The van der Waals surface area contributed by atoms with E-state index in [1.807, 2.05) is 12.1 Å². The Balaban J connectivity index is 2.33. The zero-order valence-corrected chi connectivity index (χ0v) is 6.28. The Morgan fingerprint density at radius 3 is 3.09 bits per heavy atom. The van der Waals surface area contributed by atoms with Gasteiger partial charge in [-0.1, -0.05) is 0 Å². The molecule has 0 amide bonds. The van der Waals surface area contributed by atoms with Gasteiger partial charge in [-0.15, -0.1) is 0 Å². The van der Waals surface area contributed by atoms with Gasteiger partial charge in [-0.3, -0.25) is 0 Å². The van der Waals surface area contributed by atoms with Crippen LogP contribution in [-0.4, -0.2) is 30.2 Å². The van der Waals surface area contributed by atoms with Crippen molar-refractivity contribution in [1.29, 1.82) is 0 Å². The van der Waals surface area contributed by atoms with Gasteiger partial charge in [0.15, 0.2) is 11.5 Å². The minimum absolute atomic E-state index is 0.583. The van der Waals surface area contributed by atoms with E-state index in [1.54, 1.807) is 11.6 Å². The van der Waals surface area contributed by atoms with Gasteiger partial charge in [-0.05, 0) is 5.23 Å².